The molecule has 0 spiro atoms. The molecule has 3 fully saturated rings. The molecule has 4 heterocycles. The maximum atomic E-state index is 15.5. The third-order valence-electron chi connectivity index (χ3n) is 9.40. The van der Waals surface area contributed by atoms with E-state index in [9.17, 15) is 4.39 Å². The second-order valence-corrected chi connectivity index (χ2v) is 14.2. The second kappa shape index (κ2) is 13.1. The van der Waals surface area contributed by atoms with Gasteiger partial charge in [0.25, 0.3) is 0 Å². The zero-order valence-electron chi connectivity index (χ0n) is 25.8. The highest BCUT2D eigenvalue weighted by Gasteiger charge is 2.37. The van der Waals surface area contributed by atoms with Crippen molar-refractivity contribution in [2.75, 3.05) is 64.8 Å². The maximum absolute atomic E-state index is 15.5. The van der Waals surface area contributed by atoms with Crippen LogP contribution in [0.2, 0.25) is 10.0 Å². The van der Waals surface area contributed by atoms with Crippen molar-refractivity contribution in [3.8, 4) is 11.4 Å². The Balaban J connectivity index is 1.22. The minimum Gasteiger partial charge on any atom is -0.495 e. The molecule has 3 aromatic carbocycles. The van der Waals surface area contributed by atoms with Crippen LogP contribution in [0.1, 0.15) is 30.7 Å². The Labute approximate surface area is 277 Å². The molecule has 3 saturated heterocycles. The summed E-state index contributed by atoms with van der Waals surface area (Å²) >= 11 is 14.4. The summed E-state index contributed by atoms with van der Waals surface area (Å²) in [5.41, 5.74) is 3.14. The van der Waals surface area contributed by atoms with Gasteiger partial charge in [0.05, 0.1) is 56.7 Å². The Morgan fingerprint density at radius 1 is 0.978 bits per heavy atom. The SMILES string of the molecule is COc1cc(C(C)(C)c2cnc(SCc3c(F)cc(NCC[N+]45CCN(CC4)CC5)cc3Cl)n2-c2ccc(F)cc2)ccc1Cl. The van der Waals surface area contributed by atoms with E-state index in [4.69, 9.17) is 32.9 Å². The Bertz CT molecular complexity index is 1640. The van der Waals surface area contributed by atoms with Crippen LogP contribution in [0.4, 0.5) is 14.5 Å². The predicted molar refractivity (Wildman–Crippen MR) is 179 cm³/mol. The number of aromatic nitrogens is 2. The lowest BCUT2D eigenvalue weighted by Crippen LogP contribution is -2.68. The number of hydrogen-bond acceptors (Lipinski definition) is 5. The van der Waals surface area contributed by atoms with Crippen LogP contribution < -0.4 is 10.1 Å². The van der Waals surface area contributed by atoms with E-state index in [2.05, 4.69) is 24.1 Å². The number of rotatable bonds is 11. The van der Waals surface area contributed by atoms with E-state index in [-0.39, 0.29) is 17.4 Å². The molecule has 3 aliphatic rings. The maximum Gasteiger partial charge on any atom is 0.173 e. The number of halogens is 4. The van der Waals surface area contributed by atoms with Gasteiger partial charge in [0.2, 0.25) is 0 Å². The molecule has 7 rings (SSSR count). The topological polar surface area (TPSA) is 42.3 Å². The molecule has 4 aromatic rings. The monoisotopic (exact) mass is 672 g/mol. The number of methoxy groups -OCH3 is 1. The van der Waals surface area contributed by atoms with Crippen LogP contribution >= 0.6 is 35.0 Å². The number of hydrogen-bond donors (Lipinski definition) is 1. The number of thioether (sulfide) groups is 1. The third-order valence-corrected chi connectivity index (χ3v) is 11.0. The molecule has 2 bridgehead atoms. The first kappa shape index (κ1) is 32.1. The van der Waals surface area contributed by atoms with Crippen molar-refractivity contribution in [2.24, 2.45) is 0 Å². The fraction of sp³-hybridized carbons (Fsp3) is 0.382. The van der Waals surface area contributed by atoms with Crippen molar-refractivity contribution < 1.29 is 18.0 Å². The van der Waals surface area contributed by atoms with Crippen LogP contribution in [0.25, 0.3) is 5.69 Å². The number of anilines is 1. The number of nitrogens with zero attached hydrogens (tertiary/aromatic N) is 4. The van der Waals surface area contributed by atoms with Gasteiger partial charge in [-0.25, -0.2) is 13.8 Å². The minimum absolute atomic E-state index is 0.272. The number of ether oxygens (including phenoxy) is 1. The first-order valence-corrected chi connectivity index (χ1v) is 16.9. The van der Waals surface area contributed by atoms with Crippen LogP contribution in [0.15, 0.2) is 66.0 Å². The van der Waals surface area contributed by atoms with Crippen molar-refractivity contribution >= 4 is 40.7 Å². The van der Waals surface area contributed by atoms with Gasteiger partial charge in [-0.15, -0.1) is 0 Å². The number of imidazole rings is 1. The molecular weight excluding hydrogens is 635 g/mol. The molecule has 0 amide bonds. The van der Waals surface area contributed by atoms with Gasteiger partial charge >= 0.3 is 0 Å². The molecule has 0 unspecified atom stereocenters. The standard InChI is InChI=1S/C34H38Cl2F2N5OS/c1-34(2,23-4-9-28(35)31(18-23)44-3)32-21-40-33(42(32)26-7-5-24(37)6-8-26)45-22-27-29(36)19-25(20-30(27)38)39-10-14-43-15-11-41(12-16-43)13-17-43/h4-9,18-21,39H,10-17,22H2,1-3H3/q+1. The van der Waals surface area contributed by atoms with Gasteiger partial charge in [-0.2, -0.15) is 0 Å². The summed E-state index contributed by atoms with van der Waals surface area (Å²) < 4.78 is 38.0. The van der Waals surface area contributed by atoms with Gasteiger partial charge in [-0.05, 0) is 54.1 Å². The van der Waals surface area contributed by atoms with Crippen molar-refractivity contribution in [3.63, 3.8) is 0 Å². The molecule has 0 aliphatic carbocycles. The Morgan fingerprint density at radius 3 is 2.36 bits per heavy atom. The molecule has 3 aliphatic heterocycles. The number of fused-ring (bicyclic) bond motifs is 3. The van der Waals surface area contributed by atoms with Gasteiger partial charge in [0.1, 0.15) is 17.4 Å². The molecule has 0 atom stereocenters. The highest BCUT2D eigenvalue weighted by molar-refractivity contribution is 7.98. The van der Waals surface area contributed by atoms with E-state index in [1.54, 1.807) is 19.2 Å². The summed E-state index contributed by atoms with van der Waals surface area (Å²) in [7, 11) is 1.58. The summed E-state index contributed by atoms with van der Waals surface area (Å²) in [6, 6.07) is 15.3. The quantitative estimate of drug-likeness (QED) is 0.131. The summed E-state index contributed by atoms with van der Waals surface area (Å²) in [5.74, 6) is 0.158. The summed E-state index contributed by atoms with van der Waals surface area (Å²) in [4.78, 5) is 7.29. The molecule has 238 valence electrons. The summed E-state index contributed by atoms with van der Waals surface area (Å²) in [5, 5.41) is 4.94. The van der Waals surface area contributed by atoms with E-state index in [1.807, 2.05) is 35.0 Å². The zero-order chi connectivity index (χ0) is 31.8. The smallest absolute Gasteiger partial charge is 0.173 e. The van der Waals surface area contributed by atoms with E-state index in [0.717, 1.165) is 34.5 Å². The molecule has 11 heteroatoms. The molecule has 0 radical (unpaired) electrons. The molecule has 6 nitrogen and oxygen atoms in total. The Morgan fingerprint density at radius 2 is 1.69 bits per heavy atom. The average molecular weight is 674 g/mol. The molecular formula is C34H38Cl2F2N5OS+. The highest BCUT2D eigenvalue weighted by Crippen LogP contribution is 2.40. The third kappa shape index (κ3) is 6.69. The fourth-order valence-corrected chi connectivity index (χ4v) is 7.97. The van der Waals surface area contributed by atoms with Crippen LogP contribution in [-0.4, -0.2) is 78.4 Å². The fourth-order valence-electron chi connectivity index (χ4n) is 6.40. The van der Waals surface area contributed by atoms with Crippen molar-refractivity contribution in [3.05, 3.63) is 99.3 Å². The lowest BCUT2D eigenvalue weighted by molar-refractivity contribution is -0.939. The van der Waals surface area contributed by atoms with E-state index in [0.29, 0.717) is 32.2 Å². The minimum atomic E-state index is -0.540. The molecule has 45 heavy (non-hydrogen) atoms. The van der Waals surface area contributed by atoms with Crippen LogP contribution in [0.3, 0.4) is 0 Å². The number of nitrogens with one attached hydrogen (secondary N) is 1. The van der Waals surface area contributed by atoms with E-state index >= 15 is 4.39 Å². The number of piperazine rings is 3. The highest BCUT2D eigenvalue weighted by atomic mass is 35.5. The summed E-state index contributed by atoms with van der Waals surface area (Å²) in [6.45, 7) is 13.0. The summed E-state index contributed by atoms with van der Waals surface area (Å²) in [6.07, 6.45) is 1.81. The molecule has 1 N–H and O–H groups in total. The van der Waals surface area contributed by atoms with Gasteiger partial charge in [0.15, 0.2) is 5.16 Å². The lowest BCUT2D eigenvalue weighted by Gasteiger charge is -2.50. The molecule has 0 saturated carbocycles. The van der Waals surface area contributed by atoms with Crippen LogP contribution in [-0.2, 0) is 11.2 Å². The van der Waals surface area contributed by atoms with E-state index < -0.39 is 5.41 Å². The number of benzene rings is 3. The van der Waals surface area contributed by atoms with E-state index in [1.165, 1.54) is 69.2 Å². The van der Waals surface area contributed by atoms with Crippen LogP contribution in [0, 0.1) is 11.6 Å². The van der Waals surface area contributed by atoms with Gasteiger partial charge in [-0.3, -0.25) is 9.47 Å². The normalized spacial score (nSPS) is 19.6. The molecule has 1 aromatic heterocycles. The van der Waals surface area contributed by atoms with Crippen molar-refractivity contribution in [1.29, 1.82) is 0 Å². The zero-order valence-corrected chi connectivity index (χ0v) is 28.1. The number of quaternary nitrogens is 1. The van der Waals surface area contributed by atoms with Crippen molar-refractivity contribution in [2.45, 2.75) is 30.2 Å². The largest absolute Gasteiger partial charge is 0.495 e. The lowest BCUT2D eigenvalue weighted by atomic mass is 9.81. The van der Waals surface area contributed by atoms with Gasteiger partial charge in [-0.1, -0.05) is 54.9 Å². The van der Waals surface area contributed by atoms with Gasteiger partial charge in [0, 0.05) is 52.8 Å². The Hall–Kier alpha value is -2.82. The first-order chi connectivity index (χ1) is 21.6. The predicted octanol–water partition coefficient (Wildman–Crippen LogP) is 7.64. The van der Waals surface area contributed by atoms with Crippen LogP contribution in [0.5, 0.6) is 5.75 Å². The second-order valence-electron chi connectivity index (χ2n) is 12.4. The first-order valence-electron chi connectivity index (χ1n) is 15.2. The average Bonchev–Trinajstić information content (AvgIpc) is 3.47. The Kier molecular flexibility index (Phi) is 9.37. The van der Waals surface area contributed by atoms with Gasteiger partial charge < -0.3 is 14.5 Å². The van der Waals surface area contributed by atoms with Crippen molar-refractivity contribution in [1.82, 2.24) is 14.5 Å².